The summed E-state index contributed by atoms with van der Waals surface area (Å²) in [6, 6.07) is 17.9. The predicted molar refractivity (Wildman–Crippen MR) is 111 cm³/mol. The number of nitrogens with zero attached hydrogens (tertiary/aromatic N) is 1. The molecule has 0 bridgehead atoms. The second kappa shape index (κ2) is 7.91. The third kappa shape index (κ3) is 3.92. The molecule has 6 nitrogen and oxygen atoms in total. The van der Waals surface area contributed by atoms with Crippen molar-refractivity contribution in [3.05, 3.63) is 103 Å². The largest absolute Gasteiger partial charge is 0.332 e. The van der Waals surface area contributed by atoms with Crippen molar-refractivity contribution in [3.63, 3.8) is 0 Å². The van der Waals surface area contributed by atoms with E-state index in [9.17, 15) is 14.4 Å². The molecule has 0 fully saturated rings. The molecule has 29 heavy (non-hydrogen) atoms. The number of H-pyrrole nitrogens is 2. The molecular weight excluding hydrogens is 366 g/mol. The van der Waals surface area contributed by atoms with Crippen LogP contribution >= 0.6 is 0 Å². The number of carbonyl (C=O) groups is 1. The molecule has 1 aliphatic heterocycles. The fraction of sp³-hybridized carbons (Fsp3) is 0.261. The summed E-state index contributed by atoms with van der Waals surface area (Å²) >= 11 is 0. The smallest absolute Gasteiger partial charge is 0.325 e. The minimum atomic E-state index is -0.540. The standard InChI is InChI=1S/C23H23N3O3/c1-15-7-5-6-8-16(15)11-12-18(17-9-3-2-4-10-17)22(28)26-13-19-20(14-26)24-23(29)25-21(19)27/h2-10,18H,11-14H2,1H3,(H2,24,25,27,29). The van der Waals surface area contributed by atoms with Crippen LogP contribution in [0.25, 0.3) is 0 Å². The summed E-state index contributed by atoms with van der Waals surface area (Å²) in [6.45, 7) is 2.55. The molecule has 1 aromatic heterocycles. The fourth-order valence-corrected chi connectivity index (χ4v) is 3.98. The van der Waals surface area contributed by atoms with Gasteiger partial charge in [0.15, 0.2) is 0 Å². The molecule has 0 saturated heterocycles. The first-order valence-electron chi connectivity index (χ1n) is 9.75. The molecule has 2 aromatic carbocycles. The summed E-state index contributed by atoms with van der Waals surface area (Å²) in [5.41, 5.74) is 3.43. The van der Waals surface area contributed by atoms with Crippen LogP contribution in [0.3, 0.4) is 0 Å². The maximum absolute atomic E-state index is 13.4. The van der Waals surface area contributed by atoms with E-state index in [1.54, 1.807) is 4.90 Å². The van der Waals surface area contributed by atoms with Crippen LogP contribution in [-0.2, 0) is 24.3 Å². The number of aromatic amines is 2. The van der Waals surface area contributed by atoms with E-state index in [0.717, 1.165) is 12.0 Å². The molecule has 2 heterocycles. The van der Waals surface area contributed by atoms with Gasteiger partial charge in [-0.1, -0.05) is 54.6 Å². The van der Waals surface area contributed by atoms with Crippen LogP contribution in [0, 0.1) is 6.92 Å². The van der Waals surface area contributed by atoms with E-state index in [-0.39, 0.29) is 24.9 Å². The highest BCUT2D eigenvalue weighted by atomic mass is 16.2. The first-order valence-corrected chi connectivity index (χ1v) is 9.75. The van der Waals surface area contributed by atoms with Gasteiger partial charge in [0.25, 0.3) is 5.56 Å². The van der Waals surface area contributed by atoms with E-state index in [2.05, 4.69) is 29.0 Å². The van der Waals surface area contributed by atoms with Crippen molar-refractivity contribution in [3.8, 4) is 0 Å². The zero-order chi connectivity index (χ0) is 20.4. The number of aryl methyl sites for hydroxylation is 2. The summed E-state index contributed by atoms with van der Waals surface area (Å²) in [5, 5.41) is 0. The van der Waals surface area contributed by atoms with Crippen molar-refractivity contribution in [1.82, 2.24) is 14.9 Å². The quantitative estimate of drug-likeness (QED) is 0.703. The van der Waals surface area contributed by atoms with Crippen molar-refractivity contribution in [2.75, 3.05) is 0 Å². The van der Waals surface area contributed by atoms with Gasteiger partial charge in [0.2, 0.25) is 5.91 Å². The highest BCUT2D eigenvalue weighted by Crippen LogP contribution is 2.28. The minimum absolute atomic E-state index is 0.0266. The Hall–Kier alpha value is -3.41. The van der Waals surface area contributed by atoms with Crippen LogP contribution in [0.4, 0.5) is 0 Å². The molecule has 6 heteroatoms. The summed E-state index contributed by atoms with van der Waals surface area (Å²) in [5.74, 6) is -0.336. The van der Waals surface area contributed by atoms with Gasteiger partial charge in [-0.25, -0.2) is 4.79 Å². The SMILES string of the molecule is Cc1ccccc1CCC(C(=O)N1Cc2[nH]c(=O)[nH]c(=O)c2C1)c1ccccc1. The Kier molecular flexibility index (Phi) is 5.16. The molecule has 0 saturated carbocycles. The first-order chi connectivity index (χ1) is 14.0. The van der Waals surface area contributed by atoms with E-state index in [1.165, 1.54) is 11.1 Å². The molecule has 1 aliphatic rings. The second-order valence-corrected chi connectivity index (χ2v) is 7.49. The lowest BCUT2D eigenvalue weighted by Gasteiger charge is -2.24. The van der Waals surface area contributed by atoms with Gasteiger partial charge in [0, 0.05) is 5.69 Å². The maximum Gasteiger partial charge on any atom is 0.325 e. The summed E-state index contributed by atoms with van der Waals surface area (Å²) in [7, 11) is 0. The first kappa shape index (κ1) is 18.9. The zero-order valence-electron chi connectivity index (χ0n) is 16.3. The molecule has 148 valence electrons. The Morgan fingerprint density at radius 1 is 1.00 bits per heavy atom. The number of rotatable bonds is 5. The van der Waals surface area contributed by atoms with E-state index in [0.29, 0.717) is 17.7 Å². The van der Waals surface area contributed by atoms with Crippen molar-refractivity contribution in [2.24, 2.45) is 0 Å². The van der Waals surface area contributed by atoms with Gasteiger partial charge < -0.3 is 9.88 Å². The van der Waals surface area contributed by atoms with E-state index in [1.807, 2.05) is 42.5 Å². The highest BCUT2D eigenvalue weighted by Gasteiger charge is 2.32. The van der Waals surface area contributed by atoms with Gasteiger partial charge in [-0.05, 0) is 36.5 Å². The number of fused-ring (bicyclic) bond motifs is 1. The van der Waals surface area contributed by atoms with Gasteiger partial charge in [0.1, 0.15) is 0 Å². The Bertz CT molecular complexity index is 1150. The van der Waals surface area contributed by atoms with Crippen LogP contribution < -0.4 is 11.2 Å². The average molecular weight is 389 g/mol. The van der Waals surface area contributed by atoms with E-state index in [4.69, 9.17) is 0 Å². The molecule has 1 amide bonds. The number of nitrogens with one attached hydrogen (secondary N) is 2. The van der Waals surface area contributed by atoms with Crippen LogP contribution in [0.15, 0.2) is 64.2 Å². The van der Waals surface area contributed by atoms with Crippen LogP contribution in [0.1, 0.15) is 40.3 Å². The van der Waals surface area contributed by atoms with Crippen molar-refractivity contribution >= 4 is 5.91 Å². The van der Waals surface area contributed by atoms with E-state index < -0.39 is 11.2 Å². The second-order valence-electron chi connectivity index (χ2n) is 7.49. The molecule has 0 radical (unpaired) electrons. The average Bonchev–Trinajstić information content (AvgIpc) is 3.14. The number of carbonyl (C=O) groups excluding carboxylic acids is 1. The third-order valence-corrected chi connectivity index (χ3v) is 5.60. The lowest BCUT2D eigenvalue weighted by atomic mass is 9.90. The monoisotopic (exact) mass is 389 g/mol. The Morgan fingerprint density at radius 2 is 1.72 bits per heavy atom. The van der Waals surface area contributed by atoms with Crippen LogP contribution in [0.5, 0.6) is 0 Å². The van der Waals surface area contributed by atoms with Crippen LogP contribution in [-0.4, -0.2) is 20.8 Å². The summed E-state index contributed by atoms with van der Waals surface area (Å²) in [6.07, 6.45) is 1.46. The normalized spacial score (nSPS) is 13.9. The Labute approximate surface area is 168 Å². The third-order valence-electron chi connectivity index (χ3n) is 5.60. The molecule has 1 unspecified atom stereocenters. The van der Waals surface area contributed by atoms with Crippen LogP contribution in [0.2, 0.25) is 0 Å². The number of hydrogen-bond acceptors (Lipinski definition) is 3. The number of hydrogen-bond donors (Lipinski definition) is 2. The van der Waals surface area contributed by atoms with Gasteiger partial charge >= 0.3 is 5.69 Å². The van der Waals surface area contributed by atoms with Gasteiger partial charge in [-0.2, -0.15) is 0 Å². The number of aromatic nitrogens is 2. The summed E-state index contributed by atoms with van der Waals surface area (Å²) in [4.78, 5) is 43.6. The number of benzene rings is 2. The molecule has 0 aliphatic carbocycles. The molecule has 4 rings (SSSR count). The zero-order valence-corrected chi connectivity index (χ0v) is 16.3. The topological polar surface area (TPSA) is 86.0 Å². The molecule has 3 aromatic rings. The number of amides is 1. The minimum Gasteiger partial charge on any atom is -0.332 e. The molecule has 0 spiro atoms. The van der Waals surface area contributed by atoms with Crippen molar-refractivity contribution < 1.29 is 4.79 Å². The lowest BCUT2D eigenvalue weighted by Crippen LogP contribution is -2.31. The lowest BCUT2D eigenvalue weighted by molar-refractivity contribution is -0.133. The van der Waals surface area contributed by atoms with Gasteiger partial charge in [0.05, 0.1) is 24.6 Å². The van der Waals surface area contributed by atoms with Gasteiger partial charge in [-0.15, -0.1) is 0 Å². The summed E-state index contributed by atoms with van der Waals surface area (Å²) < 4.78 is 0. The highest BCUT2D eigenvalue weighted by molar-refractivity contribution is 5.84. The maximum atomic E-state index is 13.4. The fourth-order valence-electron chi connectivity index (χ4n) is 3.98. The Balaban J connectivity index is 1.59. The van der Waals surface area contributed by atoms with Crippen molar-refractivity contribution in [2.45, 2.75) is 38.8 Å². The van der Waals surface area contributed by atoms with Gasteiger partial charge in [-0.3, -0.25) is 14.6 Å². The molecule has 2 N–H and O–H groups in total. The molecular formula is C23H23N3O3. The predicted octanol–water partition coefficient (Wildman–Crippen LogP) is 2.63. The molecule has 1 atom stereocenters. The Morgan fingerprint density at radius 3 is 2.48 bits per heavy atom. The van der Waals surface area contributed by atoms with E-state index >= 15 is 0 Å². The van der Waals surface area contributed by atoms with Crippen molar-refractivity contribution in [1.29, 1.82) is 0 Å².